The molecule has 0 aromatic heterocycles. The highest BCUT2D eigenvalue weighted by Gasteiger charge is 2.46. The molecule has 1 aliphatic heterocycles. The Bertz CT molecular complexity index is 211. The highest BCUT2D eigenvalue weighted by molar-refractivity contribution is 4.97. The zero-order valence-corrected chi connectivity index (χ0v) is 11.2. The van der Waals surface area contributed by atoms with Crippen LogP contribution in [-0.4, -0.2) is 28.9 Å². The summed E-state index contributed by atoms with van der Waals surface area (Å²) in [4.78, 5) is 10.9. The molecule has 0 aliphatic carbocycles. The van der Waals surface area contributed by atoms with Gasteiger partial charge in [0.05, 0.1) is 12.7 Å². The van der Waals surface area contributed by atoms with Crippen molar-refractivity contribution in [2.75, 3.05) is 6.61 Å². The number of nitrogens with zero attached hydrogens (tertiary/aromatic N) is 1. The standard InChI is InChI=1S/C12H26N2O2/c1-6-7-15-14-11(2,3)8-10(16-13)9-12(14,4)5/h10H,6-9,13H2,1-5H3. The molecule has 0 radical (unpaired) electrons. The van der Waals surface area contributed by atoms with Crippen LogP contribution in [0.1, 0.15) is 53.9 Å². The molecule has 96 valence electrons. The first-order chi connectivity index (χ1) is 7.33. The zero-order chi connectivity index (χ0) is 12.4. The average molecular weight is 230 g/mol. The third-order valence-electron chi connectivity index (χ3n) is 3.17. The van der Waals surface area contributed by atoms with Crippen LogP contribution in [0.5, 0.6) is 0 Å². The fourth-order valence-corrected chi connectivity index (χ4v) is 2.80. The Kier molecular flexibility index (Phi) is 4.35. The van der Waals surface area contributed by atoms with Gasteiger partial charge in [-0.3, -0.25) is 4.84 Å². The molecule has 4 nitrogen and oxygen atoms in total. The average Bonchev–Trinajstić information content (AvgIpc) is 2.14. The van der Waals surface area contributed by atoms with Crippen LogP contribution < -0.4 is 5.90 Å². The van der Waals surface area contributed by atoms with Gasteiger partial charge in [0.15, 0.2) is 0 Å². The van der Waals surface area contributed by atoms with Crippen LogP contribution in [0.3, 0.4) is 0 Å². The first-order valence-electron chi connectivity index (χ1n) is 6.12. The smallest absolute Gasteiger partial charge is 0.0824 e. The highest BCUT2D eigenvalue weighted by Crippen LogP contribution is 2.39. The fraction of sp³-hybridized carbons (Fsp3) is 1.00. The summed E-state index contributed by atoms with van der Waals surface area (Å²) in [7, 11) is 0. The van der Waals surface area contributed by atoms with Crippen molar-refractivity contribution >= 4 is 0 Å². The second-order valence-corrected chi connectivity index (χ2v) is 5.92. The van der Waals surface area contributed by atoms with Gasteiger partial charge in [-0.15, -0.1) is 0 Å². The van der Waals surface area contributed by atoms with E-state index in [1.807, 2.05) is 0 Å². The number of piperidine rings is 1. The molecule has 0 unspecified atom stereocenters. The number of rotatable bonds is 4. The molecule has 1 saturated heterocycles. The Labute approximate surface area is 99.0 Å². The lowest BCUT2D eigenvalue weighted by molar-refractivity contribution is -0.295. The second-order valence-electron chi connectivity index (χ2n) is 5.92. The van der Waals surface area contributed by atoms with E-state index in [0.29, 0.717) is 0 Å². The van der Waals surface area contributed by atoms with Gasteiger partial charge < -0.3 is 4.84 Å². The van der Waals surface area contributed by atoms with Gasteiger partial charge >= 0.3 is 0 Å². The van der Waals surface area contributed by atoms with E-state index in [0.717, 1.165) is 25.9 Å². The summed E-state index contributed by atoms with van der Waals surface area (Å²) in [6.45, 7) is 11.6. The summed E-state index contributed by atoms with van der Waals surface area (Å²) in [6, 6.07) is 0. The van der Waals surface area contributed by atoms with E-state index in [1.54, 1.807) is 0 Å². The van der Waals surface area contributed by atoms with Gasteiger partial charge in [-0.05, 0) is 47.0 Å². The maximum Gasteiger partial charge on any atom is 0.0824 e. The van der Waals surface area contributed by atoms with Gasteiger partial charge in [0.1, 0.15) is 0 Å². The van der Waals surface area contributed by atoms with Gasteiger partial charge in [-0.2, -0.15) is 5.06 Å². The van der Waals surface area contributed by atoms with Gasteiger partial charge in [-0.25, -0.2) is 5.90 Å². The molecule has 0 spiro atoms. The van der Waals surface area contributed by atoms with Crippen molar-refractivity contribution in [3.8, 4) is 0 Å². The normalized spacial score (nSPS) is 25.9. The molecule has 0 bridgehead atoms. The largest absolute Gasteiger partial charge is 0.301 e. The summed E-state index contributed by atoms with van der Waals surface area (Å²) in [5.41, 5.74) is -0.0814. The Morgan fingerprint density at radius 1 is 1.19 bits per heavy atom. The Morgan fingerprint density at radius 3 is 2.06 bits per heavy atom. The quantitative estimate of drug-likeness (QED) is 0.752. The Hall–Kier alpha value is -0.160. The summed E-state index contributed by atoms with van der Waals surface area (Å²) in [5, 5.41) is 2.12. The lowest BCUT2D eigenvalue weighted by atomic mass is 9.80. The lowest BCUT2D eigenvalue weighted by Gasteiger charge is -2.53. The van der Waals surface area contributed by atoms with E-state index in [-0.39, 0.29) is 17.2 Å². The maximum absolute atomic E-state index is 5.89. The van der Waals surface area contributed by atoms with Crippen molar-refractivity contribution in [3.63, 3.8) is 0 Å². The van der Waals surface area contributed by atoms with Crippen LogP contribution in [0.15, 0.2) is 0 Å². The first kappa shape index (κ1) is 13.9. The molecule has 0 aromatic carbocycles. The van der Waals surface area contributed by atoms with Crippen molar-refractivity contribution in [2.24, 2.45) is 5.90 Å². The third kappa shape index (κ3) is 2.94. The molecule has 1 fully saturated rings. The summed E-state index contributed by atoms with van der Waals surface area (Å²) >= 11 is 0. The van der Waals surface area contributed by atoms with Crippen LogP contribution >= 0.6 is 0 Å². The van der Waals surface area contributed by atoms with Gasteiger partial charge in [0, 0.05) is 11.1 Å². The molecule has 1 heterocycles. The minimum absolute atomic E-state index is 0.0407. The van der Waals surface area contributed by atoms with Crippen molar-refractivity contribution < 1.29 is 9.68 Å². The van der Waals surface area contributed by atoms with Crippen LogP contribution in [0.4, 0.5) is 0 Å². The fourth-order valence-electron chi connectivity index (χ4n) is 2.80. The molecule has 4 heteroatoms. The molecular weight excluding hydrogens is 204 g/mol. The molecular formula is C12H26N2O2. The van der Waals surface area contributed by atoms with E-state index >= 15 is 0 Å². The van der Waals surface area contributed by atoms with Crippen LogP contribution in [0.25, 0.3) is 0 Å². The van der Waals surface area contributed by atoms with Gasteiger partial charge in [0.25, 0.3) is 0 Å². The van der Waals surface area contributed by atoms with Crippen LogP contribution in [-0.2, 0) is 9.68 Å². The third-order valence-corrected chi connectivity index (χ3v) is 3.17. The Morgan fingerprint density at radius 2 is 1.69 bits per heavy atom. The van der Waals surface area contributed by atoms with Gasteiger partial charge in [-0.1, -0.05) is 6.92 Å². The number of hydrogen-bond acceptors (Lipinski definition) is 4. The Balaban J connectivity index is 2.79. The minimum Gasteiger partial charge on any atom is -0.301 e. The molecule has 0 amide bonds. The summed E-state index contributed by atoms with van der Waals surface area (Å²) in [6.07, 6.45) is 2.94. The predicted octanol–water partition coefficient (Wildman–Crippen LogP) is 2.24. The SMILES string of the molecule is CCCON1C(C)(C)CC(ON)CC1(C)C. The number of hydroxylamine groups is 2. The lowest BCUT2D eigenvalue weighted by Crippen LogP contribution is -2.62. The van der Waals surface area contributed by atoms with Crippen molar-refractivity contribution in [1.82, 2.24) is 5.06 Å². The van der Waals surface area contributed by atoms with Crippen molar-refractivity contribution in [2.45, 2.75) is 71.1 Å². The molecule has 1 rings (SSSR count). The summed E-state index contributed by atoms with van der Waals surface area (Å²) in [5.74, 6) is 5.33. The van der Waals surface area contributed by atoms with E-state index in [9.17, 15) is 0 Å². The van der Waals surface area contributed by atoms with Crippen molar-refractivity contribution in [1.29, 1.82) is 0 Å². The zero-order valence-electron chi connectivity index (χ0n) is 11.2. The molecule has 0 aromatic rings. The molecule has 2 N–H and O–H groups in total. The predicted molar refractivity (Wildman–Crippen MR) is 64.5 cm³/mol. The number of nitrogens with two attached hydrogens (primary N) is 1. The van der Waals surface area contributed by atoms with Crippen molar-refractivity contribution in [3.05, 3.63) is 0 Å². The van der Waals surface area contributed by atoms with E-state index in [2.05, 4.69) is 39.7 Å². The highest BCUT2D eigenvalue weighted by atomic mass is 16.7. The topological polar surface area (TPSA) is 47.7 Å². The monoisotopic (exact) mass is 230 g/mol. The molecule has 0 saturated carbocycles. The molecule has 0 atom stereocenters. The van der Waals surface area contributed by atoms with E-state index < -0.39 is 0 Å². The summed E-state index contributed by atoms with van der Waals surface area (Å²) < 4.78 is 0. The molecule has 1 aliphatic rings. The van der Waals surface area contributed by atoms with Crippen LogP contribution in [0.2, 0.25) is 0 Å². The molecule has 16 heavy (non-hydrogen) atoms. The second kappa shape index (κ2) is 5.00. The van der Waals surface area contributed by atoms with E-state index in [1.165, 1.54) is 0 Å². The van der Waals surface area contributed by atoms with E-state index in [4.69, 9.17) is 15.6 Å². The minimum atomic E-state index is -0.0407. The first-order valence-corrected chi connectivity index (χ1v) is 6.12. The van der Waals surface area contributed by atoms with Crippen LogP contribution in [0, 0.1) is 0 Å². The maximum atomic E-state index is 5.89. The van der Waals surface area contributed by atoms with Gasteiger partial charge in [0.2, 0.25) is 0 Å². The number of hydrogen-bond donors (Lipinski definition) is 1.